The Hall–Kier alpha value is -4.43. The molecule has 4 aromatic carbocycles. The van der Waals surface area contributed by atoms with E-state index in [1.54, 1.807) is 12.1 Å². The molecule has 1 amide bonds. The molecule has 0 saturated carbocycles. The molecule has 190 valence electrons. The molecule has 1 unspecified atom stereocenters. The maximum absolute atomic E-state index is 13.1. The normalized spacial score (nSPS) is 11.3. The number of carbonyl (C=O) groups excluding carboxylic acids is 1. The van der Waals surface area contributed by atoms with Crippen molar-refractivity contribution in [1.29, 1.82) is 5.41 Å². The number of fused-ring (bicyclic) bond motifs is 1. The minimum absolute atomic E-state index is 0. The number of nitrogens with one attached hydrogen (secondary N) is 2. The van der Waals surface area contributed by atoms with Crippen LogP contribution in [0.4, 0.5) is 4.39 Å². The summed E-state index contributed by atoms with van der Waals surface area (Å²) >= 11 is 0. The van der Waals surface area contributed by atoms with Crippen molar-refractivity contribution in [2.45, 2.75) is 19.1 Å². The highest BCUT2D eigenvalue weighted by Gasteiger charge is 2.21. The first-order valence-corrected chi connectivity index (χ1v) is 11.2. The topological polar surface area (TPSA) is 126 Å². The molecule has 0 aromatic heterocycles. The molecule has 7 nitrogen and oxygen atoms in total. The quantitative estimate of drug-likeness (QED) is 0.188. The summed E-state index contributed by atoms with van der Waals surface area (Å²) in [5, 5.41) is 21.4. The van der Waals surface area contributed by atoms with E-state index in [-0.39, 0.29) is 30.2 Å². The Kier molecular flexibility index (Phi) is 8.81. The van der Waals surface area contributed by atoms with Crippen LogP contribution >= 0.6 is 12.4 Å². The molecule has 37 heavy (non-hydrogen) atoms. The van der Waals surface area contributed by atoms with E-state index in [0.717, 1.165) is 34.0 Å². The van der Waals surface area contributed by atoms with Crippen molar-refractivity contribution in [3.05, 3.63) is 113 Å². The molecule has 0 fully saturated rings. The summed E-state index contributed by atoms with van der Waals surface area (Å²) in [6.07, 6.45) is 0.0900. The summed E-state index contributed by atoms with van der Waals surface area (Å²) in [6.45, 7) is 0.357. The zero-order chi connectivity index (χ0) is 25.7. The number of aliphatic carboxylic acids is 1. The van der Waals surface area contributed by atoms with E-state index >= 15 is 0 Å². The minimum Gasteiger partial charge on any atom is -0.489 e. The highest BCUT2D eigenvalue weighted by Crippen LogP contribution is 2.23. The van der Waals surface area contributed by atoms with Crippen LogP contribution in [0.5, 0.6) is 5.75 Å². The molecular formula is C28H25ClFN3O4. The van der Waals surface area contributed by atoms with Crippen molar-refractivity contribution in [3.63, 3.8) is 0 Å². The van der Waals surface area contributed by atoms with E-state index < -0.39 is 23.7 Å². The Morgan fingerprint density at radius 1 is 0.892 bits per heavy atom. The maximum atomic E-state index is 13.1. The van der Waals surface area contributed by atoms with Crippen LogP contribution in [-0.4, -0.2) is 28.9 Å². The number of carboxylic acids is 1. The molecule has 1 atom stereocenters. The average Bonchev–Trinajstić information content (AvgIpc) is 2.87. The number of rotatable bonds is 9. The number of hydrogen-bond donors (Lipinski definition) is 4. The number of halogens is 2. The number of ether oxygens (including phenoxy) is 1. The number of carbonyl (C=O) groups is 2. The van der Waals surface area contributed by atoms with Gasteiger partial charge in [-0.2, -0.15) is 0 Å². The molecule has 0 radical (unpaired) electrons. The van der Waals surface area contributed by atoms with Crippen LogP contribution in [0.2, 0.25) is 0 Å². The minimum atomic E-state index is -1.16. The fourth-order valence-electron chi connectivity index (χ4n) is 3.72. The summed E-state index contributed by atoms with van der Waals surface area (Å²) in [5.41, 5.74) is 8.00. The molecule has 0 aliphatic carbocycles. The monoisotopic (exact) mass is 521 g/mol. The molecule has 0 aliphatic heterocycles. The largest absolute Gasteiger partial charge is 0.489 e. The van der Waals surface area contributed by atoms with Crippen LogP contribution in [0.3, 0.4) is 0 Å². The molecule has 4 rings (SSSR count). The number of hydrogen-bond acceptors (Lipinski definition) is 4. The summed E-state index contributed by atoms with van der Waals surface area (Å²) in [7, 11) is 0. The van der Waals surface area contributed by atoms with Crippen LogP contribution in [0.1, 0.15) is 27.0 Å². The summed E-state index contributed by atoms with van der Waals surface area (Å²) < 4.78 is 19.0. The third kappa shape index (κ3) is 7.05. The van der Waals surface area contributed by atoms with Gasteiger partial charge in [-0.3, -0.25) is 10.2 Å². The highest BCUT2D eigenvalue weighted by atomic mass is 35.5. The molecule has 0 aliphatic rings. The van der Waals surface area contributed by atoms with Crippen molar-refractivity contribution in [2.24, 2.45) is 5.73 Å². The molecular weight excluding hydrogens is 497 g/mol. The first-order chi connectivity index (χ1) is 17.3. The van der Waals surface area contributed by atoms with Gasteiger partial charge >= 0.3 is 5.97 Å². The van der Waals surface area contributed by atoms with Crippen LogP contribution < -0.4 is 15.8 Å². The van der Waals surface area contributed by atoms with Gasteiger partial charge in [-0.1, -0.05) is 48.5 Å². The lowest BCUT2D eigenvalue weighted by Crippen LogP contribution is -2.42. The van der Waals surface area contributed by atoms with Gasteiger partial charge in [0.15, 0.2) is 0 Å². The van der Waals surface area contributed by atoms with Crippen molar-refractivity contribution in [1.82, 2.24) is 5.32 Å². The van der Waals surface area contributed by atoms with Crippen LogP contribution in [0.15, 0.2) is 84.9 Å². The Morgan fingerprint density at radius 3 is 2.14 bits per heavy atom. The molecule has 0 bridgehead atoms. The predicted octanol–water partition coefficient (Wildman–Crippen LogP) is 4.69. The third-order valence-electron chi connectivity index (χ3n) is 5.70. The van der Waals surface area contributed by atoms with Gasteiger partial charge in [0.1, 0.15) is 30.1 Å². The number of amidine groups is 1. The van der Waals surface area contributed by atoms with Crippen molar-refractivity contribution in [2.75, 3.05) is 0 Å². The molecule has 9 heteroatoms. The second kappa shape index (κ2) is 12.0. The SMILES string of the molecule is Cl.N=C(N)c1ccc(COc2ccc3cc(CC(NC(=O)c4ccc(F)cc4)C(=O)O)ccc3c2)cc1. The summed E-state index contributed by atoms with van der Waals surface area (Å²) in [4.78, 5) is 24.2. The zero-order valence-corrected chi connectivity index (χ0v) is 20.4. The van der Waals surface area contributed by atoms with Gasteiger partial charge in [0, 0.05) is 17.5 Å². The Morgan fingerprint density at radius 2 is 1.49 bits per heavy atom. The second-order valence-electron chi connectivity index (χ2n) is 8.32. The molecule has 0 heterocycles. The fourth-order valence-corrected chi connectivity index (χ4v) is 3.72. The Balaban J connectivity index is 0.00000380. The van der Waals surface area contributed by atoms with E-state index in [0.29, 0.717) is 17.9 Å². The smallest absolute Gasteiger partial charge is 0.326 e. The lowest BCUT2D eigenvalue weighted by Gasteiger charge is -2.15. The molecule has 5 N–H and O–H groups in total. The number of amides is 1. The summed E-state index contributed by atoms with van der Waals surface area (Å²) in [6, 6.07) is 22.2. The van der Waals surface area contributed by atoms with E-state index in [2.05, 4.69) is 5.32 Å². The molecule has 0 spiro atoms. The highest BCUT2D eigenvalue weighted by molar-refractivity contribution is 5.96. The van der Waals surface area contributed by atoms with Gasteiger partial charge in [-0.25, -0.2) is 9.18 Å². The second-order valence-corrected chi connectivity index (χ2v) is 8.32. The average molecular weight is 522 g/mol. The van der Waals surface area contributed by atoms with Gasteiger partial charge in [-0.05, 0) is 58.3 Å². The Labute approximate surface area is 219 Å². The predicted molar refractivity (Wildman–Crippen MR) is 142 cm³/mol. The standard InChI is InChI=1S/C28H24FN3O4.ClH/c29-23-10-7-20(8-11-23)27(33)32-25(28(34)35)14-18-3-6-22-15-24(12-9-21(22)13-18)36-16-17-1-4-19(5-2-17)26(30)31;/h1-13,15,25H,14,16H2,(H3,30,31)(H,32,33)(H,34,35);1H. The van der Waals surface area contributed by atoms with Crippen molar-refractivity contribution < 1.29 is 23.8 Å². The maximum Gasteiger partial charge on any atom is 0.326 e. The first-order valence-electron chi connectivity index (χ1n) is 11.2. The number of benzene rings is 4. The first kappa shape index (κ1) is 27.2. The van der Waals surface area contributed by atoms with Crippen molar-refractivity contribution in [3.8, 4) is 5.75 Å². The van der Waals surface area contributed by atoms with Crippen LogP contribution in [-0.2, 0) is 17.8 Å². The Bertz CT molecular complexity index is 1430. The van der Waals surface area contributed by atoms with E-state index in [4.69, 9.17) is 15.9 Å². The lowest BCUT2D eigenvalue weighted by molar-refractivity contribution is -0.139. The number of carboxylic acid groups (broad SMARTS) is 1. The van der Waals surface area contributed by atoms with E-state index in [9.17, 15) is 19.1 Å². The number of nitrogens with two attached hydrogens (primary N) is 1. The third-order valence-corrected chi connectivity index (χ3v) is 5.70. The van der Waals surface area contributed by atoms with Gasteiger partial charge in [0.2, 0.25) is 0 Å². The van der Waals surface area contributed by atoms with Gasteiger partial charge in [0.25, 0.3) is 5.91 Å². The van der Waals surface area contributed by atoms with Crippen LogP contribution in [0, 0.1) is 11.2 Å². The van der Waals surface area contributed by atoms with Gasteiger partial charge in [-0.15, -0.1) is 12.4 Å². The van der Waals surface area contributed by atoms with E-state index in [1.807, 2.05) is 48.5 Å². The summed E-state index contributed by atoms with van der Waals surface area (Å²) in [5.74, 6) is -1.52. The molecule has 0 saturated heterocycles. The van der Waals surface area contributed by atoms with Crippen LogP contribution in [0.25, 0.3) is 10.8 Å². The fraction of sp³-hybridized carbons (Fsp3) is 0.107. The zero-order valence-electron chi connectivity index (χ0n) is 19.6. The van der Waals surface area contributed by atoms with Crippen molar-refractivity contribution >= 4 is 40.9 Å². The van der Waals surface area contributed by atoms with E-state index in [1.165, 1.54) is 12.1 Å². The van der Waals surface area contributed by atoms with Gasteiger partial charge < -0.3 is 20.9 Å². The lowest BCUT2D eigenvalue weighted by atomic mass is 10.0. The number of nitrogen functional groups attached to an aromatic ring is 1. The van der Waals surface area contributed by atoms with Gasteiger partial charge in [0.05, 0.1) is 0 Å². The molecule has 4 aromatic rings.